The summed E-state index contributed by atoms with van der Waals surface area (Å²) < 4.78 is 13.0. The van der Waals surface area contributed by atoms with Crippen LogP contribution in [0.25, 0.3) is 0 Å². The SMILES string of the molecule is CC1(C)Cc2cc(Br)cc(OCC(O)CN3CCN(c4cccc(Cl)c4)CC3)c2O1. The zero-order valence-corrected chi connectivity index (χ0v) is 19.7. The lowest BCUT2D eigenvalue weighted by molar-refractivity contribution is 0.0631. The van der Waals surface area contributed by atoms with Crippen LogP contribution in [0.2, 0.25) is 5.02 Å². The van der Waals surface area contributed by atoms with Crippen LogP contribution in [0.5, 0.6) is 11.5 Å². The fourth-order valence-electron chi connectivity index (χ4n) is 4.15. The molecule has 2 aromatic carbocycles. The van der Waals surface area contributed by atoms with Gasteiger partial charge >= 0.3 is 0 Å². The minimum Gasteiger partial charge on any atom is -0.487 e. The number of piperazine rings is 1. The molecule has 0 aromatic heterocycles. The first kappa shape index (κ1) is 21.8. The van der Waals surface area contributed by atoms with Crippen molar-refractivity contribution in [1.82, 2.24) is 4.90 Å². The van der Waals surface area contributed by atoms with Crippen molar-refractivity contribution in [3.63, 3.8) is 0 Å². The Morgan fingerprint density at radius 2 is 1.97 bits per heavy atom. The summed E-state index contributed by atoms with van der Waals surface area (Å²) in [5, 5.41) is 11.3. The monoisotopic (exact) mass is 494 g/mol. The second-order valence-corrected chi connectivity index (χ2v) is 10.0. The molecule has 1 saturated heterocycles. The van der Waals surface area contributed by atoms with Crippen LogP contribution in [0.15, 0.2) is 40.9 Å². The zero-order chi connectivity index (χ0) is 21.3. The van der Waals surface area contributed by atoms with E-state index in [1.807, 2.05) is 24.3 Å². The molecule has 2 aliphatic heterocycles. The summed E-state index contributed by atoms with van der Waals surface area (Å²) in [4.78, 5) is 4.61. The van der Waals surface area contributed by atoms with Crippen LogP contribution in [0, 0.1) is 0 Å². The Morgan fingerprint density at radius 3 is 2.70 bits per heavy atom. The standard InChI is InChI=1S/C23H28BrClN2O3/c1-23(2)13-16-10-17(24)11-21(22(16)30-23)29-15-20(28)14-26-6-8-27(9-7-26)19-5-3-4-18(25)12-19/h3-5,10-12,20,28H,6-9,13-15H2,1-2H3. The highest BCUT2D eigenvalue weighted by Gasteiger charge is 2.33. The quantitative estimate of drug-likeness (QED) is 0.644. The molecule has 30 heavy (non-hydrogen) atoms. The second-order valence-electron chi connectivity index (χ2n) is 8.66. The van der Waals surface area contributed by atoms with Crippen molar-refractivity contribution in [1.29, 1.82) is 0 Å². The number of rotatable bonds is 6. The van der Waals surface area contributed by atoms with Gasteiger partial charge in [-0.3, -0.25) is 4.90 Å². The van der Waals surface area contributed by atoms with Crippen LogP contribution in [-0.4, -0.2) is 61.0 Å². The van der Waals surface area contributed by atoms with Crippen molar-refractivity contribution >= 4 is 33.2 Å². The summed E-state index contributed by atoms with van der Waals surface area (Å²) in [5.74, 6) is 1.49. The van der Waals surface area contributed by atoms with Crippen molar-refractivity contribution in [3.05, 3.63) is 51.5 Å². The summed E-state index contributed by atoms with van der Waals surface area (Å²) in [6.45, 7) is 8.59. The van der Waals surface area contributed by atoms with Gasteiger partial charge in [0.1, 0.15) is 18.3 Å². The Hall–Kier alpha value is -1.47. The number of β-amino-alcohol motifs (C(OH)–C–C–N with tert-alkyl or cyclic N) is 1. The van der Waals surface area contributed by atoms with Crippen LogP contribution in [0.3, 0.4) is 0 Å². The van der Waals surface area contributed by atoms with Gasteiger partial charge in [-0.1, -0.05) is 33.6 Å². The van der Waals surface area contributed by atoms with E-state index in [4.69, 9.17) is 21.1 Å². The van der Waals surface area contributed by atoms with Gasteiger partial charge in [-0.2, -0.15) is 0 Å². The number of fused-ring (bicyclic) bond motifs is 1. The molecule has 1 unspecified atom stereocenters. The molecular formula is C23H28BrClN2O3. The molecule has 2 heterocycles. The Bertz CT molecular complexity index is 900. The molecule has 0 amide bonds. The zero-order valence-electron chi connectivity index (χ0n) is 17.4. The van der Waals surface area contributed by atoms with Crippen molar-refractivity contribution in [2.75, 3.05) is 44.2 Å². The molecule has 0 aliphatic carbocycles. The lowest BCUT2D eigenvalue weighted by atomic mass is 10.0. The Morgan fingerprint density at radius 1 is 1.20 bits per heavy atom. The van der Waals surface area contributed by atoms with E-state index in [9.17, 15) is 5.11 Å². The number of aliphatic hydroxyl groups is 1. The molecule has 2 aromatic rings. The fraction of sp³-hybridized carbons (Fsp3) is 0.478. The van der Waals surface area contributed by atoms with Crippen molar-refractivity contribution < 1.29 is 14.6 Å². The number of anilines is 1. The van der Waals surface area contributed by atoms with Crippen molar-refractivity contribution in [2.45, 2.75) is 32.0 Å². The molecule has 5 nitrogen and oxygen atoms in total. The third-order valence-corrected chi connectivity index (χ3v) is 6.23. The van der Waals surface area contributed by atoms with Crippen LogP contribution < -0.4 is 14.4 Å². The molecule has 1 fully saturated rings. The van der Waals surface area contributed by atoms with Crippen LogP contribution in [-0.2, 0) is 6.42 Å². The van der Waals surface area contributed by atoms with Crippen LogP contribution >= 0.6 is 27.5 Å². The minimum absolute atomic E-state index is 0.234. The highest BCUT2D eigenvalue weighted by molar-refractivity contribution is 9.10. The lowest BCUT2D eigenvalue weighted by Crippen LogP contribution is -2.49. The average molecular weight is 496 g/mol. The maximum Gasteiger partial charge on any atom is 0.165 e. The molecule has 7 heteroatoms. The van der Waals surface area contributed by atoms with E-state index in [1.54, 1.807) is 0 Å². The van der Waals surface area contributed by atoms with Gasteiger partial charge in [0.25, 0.3) is 0 Å². The smallest absolute Gasteiger partial charge is 0.165 e. The summed E-state index contributed by atoms with van der Waals surface area (Å²) in [5.41, 5.74) is 2.05. The predicted molar refractivity (Wildman–Crippen MR) is 124 cm³/mol. The van der Waals surface area contributed by atoms with Gasteiger partial charge < -0.3 is 19.5 Å². The van der Waals surface area contributed by atoms with Gasteiger partial charge in [0, 0.05) is 59.9 Å². The molecule has 0 saturated carbocycles. The molecule has 4 rings (SSSR count). The number of hydrogen-bond donors (Lipinski definition) is 1. The highest BCUT2D eigenvalue weighted by Crippen LogP contribution is 2.43. The molecular weight excluding hydrogens is 468 g/mol. The molecule has 162 valence electrons. The van der Waals surface area contributed by atoms with Crippen molar-refractivity contribution in [2.24, 2.45) is 0 Å². The van der Waals surface area contributed by atoms with Gasteiger partial charge in [-0.25, -0.2) is 0 Å². The van der Waals surface area contributed by atoms with Crippen molar-refractivity contribution in [3.8, 4) is 11.5 Å². The van der Waals surface area contributed by atoms with Gasteiger partial charge in [0.15, 0.2) is 11.5 Å². The van der Waals surface area contributed by atoms with E-state index >= 15 is 0 Å². The largest absolute Gasteiger partial charge is 0.487 e. The summed E-state index contributed by atoms with van der Waals surface area (Å²) in [7, 11) is 0. The van der Waals surface area contributed by atoms with E-state index in [-0.39, 0.29) is 12.2 Å². The van der Waals surface area contributed by atoms with Gasteiger partial charge in [0.2, 0.25) is 0 Å². The molecule has 2 aliphatic rings. The maximum atomic E-state index is 10.6. The number of halogens is 2. The average Bonchev–Trinajstić information content (AvgIpc) is 3.00. The highest BCUT2D eigenvalue weighted by atomic mass is 79.9. The maximum absolute atomic E-state index is 10.6. The van der Waals surface area contributed by atoms with E-state index in [0.717, 1.165) is 59.1 Å². The molecule has 0 bridgehead atoms. The topological polar surface area (TPSA) is 45.2 Å². The number of ether oxygens (including phenoxy) is 2. The molecule has 1 atom stereocenters. The lowest BCUT2D eigenvalue weighted by Gasteiger charge is -2.37. The van der Waals surface area contributed by atoms with E-state index in [0.29, 0.717) is 12.3 Å². The molecule has 0 radical (unpaired) electrons. The number of hydrogen-bond acceptors (Lipinski definition) is 5. The van der Waals surface area contributed by atoms with E-state index < -0.39 is 6.10 Å². The minimum atomic E-state index is -0.563. The predicted octanol–water partition coefficient (Wildman–Crippen LogP) is 4.38. The van der Waals surface area contributed by atoms with E-state index in [1.165, 1.54) is 0 Å². The normalized spacial score (nSPS) is 19.3. The summed E-state index contributed by atoms with van der Waals surface area (Å²) in [6.07, 6.45) is 0.282. The fourth-order valence-corrected chi connectivity index (χ4v) is 4.82. The second kappa shape index (κ2) is 8.95. The number of aliphatic hydroxyl groups excluding tert-OH is 1. The summed E-state index contributed by atoms with van der Waals surface area (Å²) in [6, 6.07) is 12.0. The van der Waals surface area contributed by atoms with E-state index in [2.05, 4.69) is 51.7 Å². The summed E-state index contributed by atoms with van der Waals surface area (Å²) >= 11 is 9.66. The Labute approximate surface area is 191 Å². The molecule has 1 N–H and O–H groups in total. The van der Waals surface area contributed by atoms with Crippen LogP contribution in [0.1, 0.15) is 19.4 Å². The van der Waals surface area contributed by atoms with Crippen LogP contribution in [0.4, 0.5) is 5.69 Å². The third kappa shape index (κ3) is 5.22. The third-order valence-electron chi connectivity index (χ3n) is 5.54. The molecule has 0 spiro atoms. The number of nitrogens with zero attached hydrogens (tertiary/aromatic N) is 2. The Kier molecular flexibility index (Phi) is 6.49. The first-order valence-corrected chi connectivity index (χ1v) is 11.5. The van der Waals surface area contributed by atoms with Gasteiger partial charge in [0.05, 0.1) is 0 Å². The first-order valence-electron chi connectivity index (χ1n) is 10.3. The first-order chi connectivity index (χ1) is 14.3. The number of benzene rings is 2. The Balaban J connectivity index is 1.28. The van der Waals surface area contributed by atoms with Gasteiger partial charge in [-0.15, -0.1) is 0 Å². The van der Waals surface area contributed by atoms with Gasteiger partial charge in [-0.05, 0) is 44.2 Å².